The first-order chi connectivity index (χ1) is 14.5. The van der Waals surface area contributed by atoms with Gasteiger partial charge in [-0.2, -0.15) is 0 Å². The van der Waals surface area contributed by atoms with E-state index in [2.05, 4.69) is 15.4 Å². The zero-order chi connectivity index (χ0) is 21.1. The van der Waals surface area contributed by atoms with Crippen molar-refractivity contribution in [1.29, 1.82) is 0 Å². The van der Waals surface area contributed by atoms with Crippen LogP contribution in [-0.4, -0.2) is 45.0 Å². The topological polar surface area (TPSA) is 111 Å². The number of nitrogens with one attached hydrogen (secondary N) is 2. The molecule has 156 valence electrons. The molecule has 1 fully saturated rings. The third kappa shape index (κ3) is 4.11. The number of H-pyrrole nitrogens is 1. The lowest BCUT2D eigenvalue weighted by atomic mass is 10.0. The molecule has 0 bridgehead atoms. The molecule has 30 heavy (non-hydrogen) atoms. The summed E-state index contributed by atoms with van der Waals surface area (Å²) in [6.45, 7) is 2.09. The van der Waals surface area contributed by atoms with Gasteiger partial charge in [0.25, 0.3) is 17.0 Å². The summed E-state index contributed by atoms with van der Waals surface area (Å²) in [6, 6.07) is 6.35. The lowest BCUT2D eigenvalue weighted by molar-refractivity contribution is 0.0642. The quantitative estimate of drug-likeness (QED) is 0.655. The van der Waals surface area contributed by atoms with Crippen LogP contribution in [0.1, 0.15) is 23.2 Å². The number of hydrogen-bond donors (Lipinski definition) is 2. The van der Waals surface area contributed by atoms with E-state index >= 15 is 0 Å². The van der Waals surface area contributed by atoms with E-state index in [0.29, 0.717) is 35.0 Å². The Kier molecular flexibility index (Phi) is 5.62. The third-order valence-electron chi connectivity index (χ3n) is 5.32. The molecule has 2 N–H and O–H groups in total. The summed E-state index contributed by atoms with van der Waals surface area (Å²) in [5.74, 6) is 0.594. The van der Waals surface area contributed by atoms with Crippen molar-refractivity contribution in [3.8, 4) is 16.9 Å². The number of hydrogen-bond acceptors (Lipinski definition) is 5. The minimum atomic E-state index is -0.326. The molecule has 0 radical (unpaired) electrons. The van der Waals surface area contributed by atoms with Crippen LogP contribution in [0.5, 0.6) is 0 Å². The Hall–Kier alpha value is -3.46. The van der Waals surface area contributed by atoms with E-state index < -0.39 is 0 Å². The van der Waals surface area contributed by atoms with Gasteiger partial charge in [0.15, 0.2) is 5.82 Å². The van der Waals surface area contributed by atoms with Crippen LogP contribution in [0.2, 0.25) is 0 Å². The molecular weight excluding hydrogens is 386 g/mol. The van der Waals surface area contributed by atoms with Crippen LogP contribution in [0.15, 0.2) is 52.4 Å². The number of carbonyl (C=O) groups excluding carboxylic acids is 1. The number of aryl methyl sites for hydroxylation is 1. The van der Waals surface area contributed by atoms with Gasteiger partial charge in [-0.05, 0) is 42.5 Å². The van der Waals surface area contributed by atoms with Crippen LogP contribution in [0.4, 0.5) is 0 Å². The van der Waals surface area contributed by atoms with Gasteiger partial charge in [-0.25, -0.2) is 9.67 Å². The van der Waals surface area contributed by atoms with Gasteiger partial charge in [0.2, 0.25) is 0 Å². The summed E-state index contributed by atoms with van der Waals surface area (Å²) in [5, 5.41) is 5.79. The van der Waals surface area contributed by atoms with Crippen LogP contribution in [-0.2, 0) is 11.8 Å². The highest BCUT2D eigenvalue weighted by atomic mass is 16.5. The highest BCUT2D eigenvalue weighted by Gasteiger charge is 2.16. The molecule has 0 unspecified atom stereocenters. The number of aromatic amines is 1. The van der Waals surface area contributed by atoms with Crippen molar-refractivity contribution >= 4 is 5.91 Å². The average Bonchev–Trinajstić information content (AvgIpc) is 3.16. The predicted molar refractivity (Wildman–Crippen MR) is 111 cm³/mol. The van der Waals surface area contributed by atoms with Crippen LogP contribution in [0.25, 0.3) is 16.9 Å². The third-order valence-corrected chi connectivity index (χ3v) is 5.32. The number of carbonyl (C=O) groups is 1. The normalized spacial score (nSPS) is 14.6. The molecule has 9 heteroatoms. The molecule has 1 amide bonds. The molecule has 0 spiro atoms. The maximum Gasteiger partial charge on any atom is 0.280 e. The smallest absolute Gasteiger partial charge is 0.280 e. The van der Waals surface area contributed by atoms with Crippen LogP contribution < -0.4 is 16.4 Å². The van der Waals surface area contributed by atoms with E-state index in [1.807, 2.05) is 0 Å². The minimum Gasteiger partial charge on any atom is -0.381 e. The Bertz CT molecular complexity index is 1150. The maximum absolute atomic E-state index is 12.8. The average molecular weight is 409 g/mol. The van der Waals surface area contributed by atoms with Crippen LogP contribution in [0.3, 0.4) is 0 Å². The van der Waals surface area contributed by atoms with Gasteiger partial charge >= 0.3 is 0 Å². The Morgan fingerprint density at radius 3 is 2.77 bits per heavy atom. The lowest BCUT2D eigenvalue weighted by Gasteiger charge is -2.22. The molecule has 1 aliphatic rings. The first kappa shape index (κ1) is 19.8. The number of aromatic nitrogens is 4. The maximum atomic E-state index is 12.8. The fourth-order valence-electron chi connectivity index (χ4n) is 3.41. The van der Waals surface area contributed by atoms with Crippen LogP contribution >= 0.6 is 0 Å². The Labute approximate surface area is 172 Å². The Morgan fingerprint density at radius 2 is 2.07 bits per heavy atom. The van der Waals surface area contributed by atoms with Gasteiger partial charge in [-0.3, -0.25) is 19.5 Å². The molecule has 0 saturated carbocycles. The SMILES string of the molecule is Cn1ccc(-c2c[nH]n(-c3ccc(C(=O)NCC4CCOCC4)cn3)c2=O)cc1=O. The van der Waals surface area contributed by atoms with Gasteiger partial charge in [-0.1, -0.05) is 0 Å². The van der Waals surface area contributed by atoms with Crippen molar-refractivity contribution in [1.82, 2.24) is 24.6 Å². The molecule has 3 aromatic rings. The zero-order valence-corrected chi connectivity index (χ0v) is 16.6. The second-order valence-corrected chi connectivity index (χ2v) is 7.36. The van der Waals surface area contributed by atoms with Crippen molar-refractivity contribution in [2.45, 2.75) is 12.8 Å². The Morgan fingerprint density at radius 1 is 1.27 bits per heavy atom. The molecule has 1 aliphatic heterocycles. The van der Waals surface area contributed by atoms with E-state index in [1.54, 1.807) is 31.4 Å². The summed E-state index contributed by atoms with van der Waals surface area (Å²) in [7, 11) is 1.65. The van der Waals surface area contributed by atoms with E-state index in [9.17, 15) is 14.4 Å². The van der Waals surface area contributed by atoms with Crippen molar-refractivity contribution in [2.75, 3.05) is 19.8 Å². The van der Waals surface area contributed by atoms with Gasteiger partial charge in [0.05, 0.1) is 11.1 Å². The van der Waals surface area contributed by atoms with Crippen molar-refractivity contribution < 1.29 is 9.53 Å². The summed E-state index contributed by atoms with van der Waals surface area (Å²) < 4.78 is 8.03. The second-order valence-electron chi connectivity index (χ2n) is 7.36. The molecule has 4 heterocycles. The van der Waals surface area contributed by atoms with Crippen molar-refractivity contribution in [2.24, 2.45) is 13.0 Å². The van der Waals surface area contributed by atoms with Gasteiger partial charge in [0, 0.05) is 51.5 Å². The fraction of sp³-hybridized carbons (Fsp3) is 0.333. The number of amides is 1. The van der Waals surface area contributed by atoms with E-state index in [0.717, 1.165) is 26.1 Å². The highest BCUT2D eigenvalue weighted by molar-refractivity contribution is 5.93. The zero-order valence-electron chi connectivity index (χ0n) is 16.6. The van der Waals surface area contributed by atoms with E-state index in [1.165, 1.54) is 27.7 Å². The number of nitrogens with zero attached hydrogens (tertiary/aromatic N) is 3. The standard InChI is InChI=1S/C21H23N5O4/c1-25-7-4-15(10-19(25)27)17-13-24-26(21(17)29)18-3-2-16(12-22-18)20(28)23-11-14-5-8-30-9-6-14/h2-4,7,10,12-14,24H,5-6,8-9,11H2,1H3,(H,23,28). The highest BCUT2D eigenvalue weighted by Crippen LogP contribution is 2.15. The summed E-state index contributed by atoms with van der Waals surface area (Å²) in [6.07, 6.45) is 6.49. The molecular formula is C21H23N5O4. The molecule has 3 aromatic heterocycles. The Balaban J connectivity index is 1.48. The van der Waals surface area contributed by atoms with Crippen LogP contribution in [0, 0.1) is 5.92 Å². The van der Waals surface area contributed by atoms with Gasteiger partial charge in [-0.15, -0.1) is 0 Å². The van der Waals surface area contributed by atoms with Gasteiger partial charge in [0.1, 0.15) is 0 Å². The molecule has 4 rings (SSSR count). The van der Waals surface area contributed by atoms with Crippen molar-refractivity contribution in [3.05, 3.63) is 69.1 Å². The van der Waals surface area contributed by atoms with Gasteiger partial charge < -0.3 is 14.6 Å². The molecule has 1 saturated heterocycles. The molecule has 0 aromatic carbocycles. The molecule has 0 aliphatic carbocycles. The molecule has 0 atom stereocenters. The fourth-order valence-corrected chi connectivity index (χ4v) is 3.41. The summed E-state index contributed by atoms with van der Waals surface area (Å²) in [4.78, 5) is 41.2. The predicted octanol–water partition coefficient (Wildman–Crippen LogP) is 1.08. The monoisotopic (exact) mass is 409 g/mol. The lowest BCUT2D eigenvalue weighted by Crippen LogP contribution is -2.32. The number of pyridine rings is 2. The minimum absolute atomic E-state index is 0.194. The van der Waals surface area contributed by atoms with E-state index in [-0.39, 0.29) is 17.0 Å². The number of ether oxygens (including phenoxy) is 1. The summed E-state index contributed by atoms with van der Waals surface area (Å²) in [5.41, 5.74) is 0.800. The largest absolute Gasteiger partial charge is 0.381 e. The van der Waals surface area contributed by atoms with Crippen molar-refractivity contribution in [3.63, 3.8) is 0 Å². The molecule has 9 nitrogen and oxygen atoms in total. The summed E-state index contributed by atoms with van der Waals surface area (Å²) >= 11 is 0. The first-order valence-electron chi connectivity index (χ1n) is 9.83. The second kappa shape index (κ2) is 8.50. The first-order valence-corrected chi connectivity index (χ1v) is 9.83. The van der Waals surface area contributed by atoms with E-state index in [4.69, 9.17) is 4.74 Å². The number of rotatable bonds is 5.